The first-order valence-corrected chi connectivity index (χ1v) is 14.0. The van der Waals surface area contributed by atoms with Gasteiger partial charge in [-0.3, -0.25) is 0 Å². The van der Waals surface area contributed by atoms with E-state index in [1.54, 1.807) is 0 Å². The predicted octanol–water partition coefficient (Wildman–Crippen LogP) is 11.0. The third-order valence-corrected chi connectivity index (χ3v) is 7.14. The molecule has 0 saturated carbocycles. The molecular formula is C38H49. The zero-order valence-corrected chi connectivity index (χ0v) is 26.0. The van der Waals surface area contributed by atoms with E-state index in [-0.39, 0.29) is 21.7 Å². The van der Waals surface area contributed by atoms with Crippen molar-refractivity contribution in [3.8, 4) is 0 Å². The van der Waals surface area contributed by atoms with Crippen LogP contribution < -0.4 is 0 Å². The molecule has 1 radical (unpaired) electrons. The van der Waals surface area contributed by atoms with Crippen LogP contribution in [0.2, 0.25) is 0 Å². The van der Waals surface area contributed by atoms with Crippen molar-refractivity contribution in [2.75, 3.05) is 0 Å². The van der Waals surface area contributed by atoms with E-state index < -0.39 is 0 Å². The Kier molecular flexibility index (Phi) is 8.38. The molecule has 0 atom stereocenters. The molecule has 0 nitrogen and oxygen atoms in total. The molecule has 0 N–H and O–H groups in total. The Balaban J connectivity index is 1.92. The van der Waals surface area contributed by atoms with Gasteiger partial charge in [0.15, 0.2) is 0 Å². The molecule has 0 heterocycles. The van der Waals surface area contributed by atoms with Crippen LogP contribution in [0.4, 0.5) is 0 Å². The summed E-state index contributed by atoms with van der Waals surface area (Å²) in [5, 5.41) is 0. The van der Waals surface area contributed by atoms with Gasteiger partial charge in [0.25, 0.3) is 0 Å². The first kappa shape index (κ1) is 29.7. The first-order chi connectivity index (χ1) is 17.3. The summed E-state index contributed by atoms with van der Waals surface area (Å²) in [6.45, 7) is 27.4. The van der Waals surface area contributed by atoms with Gasteiger partial charge in [0, 0.05) is 0 Å². The van der Waals surface area contributed by atoms with E-state index >= 15 is 0 Å². The summed E-state index contributed by atoms with van der Waals surface area (Å²) in [7, 11) is 0. The third-order valence-electron chi connectivity index (χ3n) is 7.14. The highest BCUT2D eigenvalue weighted by molar-refractivity contribution is 5.75. The number of hydrogen-bond donors (Lipinski definition) is 0. The van der Waals surface area contributed by atoms with Gasteiger partial charge in [-0.05, 0) is 90.4 Å². The van der Waals surface area contributed by atoms with Crippen molar-refractivity contribution in [3.63, 3.8) is 0 Å². The lowest BCUT2D eigenvalue weighted by Gasteiger charge is -2.25. The molecule has 0 spiro atoms. The zero-order chi connectivity index (χ0) is 28.5. The van der Waals surface area contributed by atoms with E-state index in [0.29, 0.717) is 0 Å². The van der Waals surface area contributed by atoms with E-state index in [0.717, 1.165) is 11.1 Å². The molecule has 3 aromatic carbocycles. The van der Waals surface area contributed by atoms with Crippen LogP contribution in [-0.2, 0) is 21.7 Å². The van der Waals surface area contributed by atoms with Crippen LogP contribution in [-0.4, -0.2) is 0 Å². The molecule has 0 saturated heterocycles. The second kappa shape index (κ2) is 10.7. The number of benzene rings is 3. The molecule has 38 heavy (non-hydrogen) atoms. The van der Waals surface area contributed by atoms with Gasteiger partial charge in [-0.15, -0.1) is 0 Å². The van der Waals surface area contributed by atoms with E-state index in [9.17, 15) is 0 Å². The summed E-state index contributed by atoms with van der Waals surface area (Å²) in [4.78, 5) is 0. The molecule has 0 heteroatoms. The van der Waals surface area contributed by atoms with Crippen LogP contribution >= 0.6 is 0 Å². The Morgan fingerprint density at radius 2 is 0.632 bits per heavy atom. The minimum Gasteiger partial charge on any atom is -0.0561 e. The zero-order valence-electron chi connectivity index (χ0n) is 26.0. The molecule has 0 unspecified atom stereocenters. The molecule has 0 aliphatic carbocycles. The predicted molar refractivity (Wildman–Crippen MR) is 171 cm³/mol. The molecule has 0 aromatic heterocycles. The van der Waals surface area contributed by atoms with E-state index in [1.807, 2.05) is 0 Å². The van der Waals surface area contributed by atoms with E-state index in [1.165, 1.54) is 33.4 Å². The Morgan fingerprint density at radius 3 is 0.895 bits per heavy atom. The molecular weight excluding hydrogens is 456 g/mol. The van der Waals surface area contributed by atoms with Crippen LogP contribution in [0.5, 0.6) is 0 Å². The molecule has 0 fully saturated rings. The molecule has 0 aliphatic rings. The molecule has 0 bridgehead atoms. The topological polar surface area (TPSA) is 0 Å². The normalized spacial score (nSPS) is 13.6. The number of rotatable bonds is 4. The minimum atomic E-state index is 0.111. The number of hydrogen-bond acceptors (Lipinski definition) is 0. The maximum atomic E-state index is 3.34. The second-order valence-electron chi connectivity index (χ2n) is 15.0. The highest BCUT2D eigenvalue weighted by atomic mass is 14.3. The fourth-order valence-corrected chi connectivity index (χ4v) is 4.32. The summed E-state index contributed by atoms with van der Waals surface area (Å²) in [5.41, 5.74) is 10.8. The maximum Gasteiger partial charge on any atom is -0.0132 e. The third kappa shape index (κ3) is 8.07. The van der Waals surface area contributed by atoms with Crippen LogP contribution in [0.25, 0.3) is 24.3 Å². The lowest BCUT2D eigenvalue weighted by Crippen LogP contribution is -2.16. The van der Waals surface area contributed by atoms with E-state index in [4.69, 9.17) is 0 Å². The summed E-state index contributed by atoms with van der Waals surface area (Å²) in [6.07, 6.45) is 8.90. The Morgan fingerprint density at radius 1 is 0.368 bits per heavy atom. The highest BCUT2D eigenvalue weighted by Crippen LogP contribution is 2.32. The molecule has 0 aliphatic heterocycles. The summed E-state index contributed by atoms with van der Waals surface area (Å²) in [5.74, 6) is 0. The Bertz CT molecular complexity index is 1150. The standard InChI is InChI=1S/C38H49/c1-35(2,3)31-21-29(22-32(25-31)36(4,5)6)18-16-27-14-13-15-28(20-27)17-19-30-23-33(37(7,8)9)26-34(24-30)38(10,11)12/h14-26H,1-12H3. The van der Waals surface area contributed by atoms with Crippen LogP contribution in [0.15, 0.2) is 54.6 Å². The average molecular weight is 506 g/mol. The quantitative estimate of drug-likeness (QED) is 0.309. The van der Waals surface area contributed by atoms with Gasteiger partial charge in [-0.1, -0.05) is 144 Å². The van der Waals surface area contributed by atoms with Crippen molar-refractivity contribution in [2.24, 2.45) is 0 Å². The minimum absolute atomic E-state index is 0.111. The van der Waals surface area contributed by atoms with Crippen molar-refractivity contribution in [3.05, 3.63) is 105 Å². The van der Waals surface area contributed by atoms with Gasteiger partial charge in [0.05, 0.1) is 0 Å². The average Bonchev–Trinajstić information content (AvgIpc) is 2.79. The van der Waals surface area contributed by atoms with Crippen LogP contribution in [0.3, 0.4) is 0 Å². The molecule has 3 aromatic rings. The first-order valence-electron chi connectivity index (χ1n) is 14.0. The van der Waals surface area contributed by atoms with Gasteiger partial charge in [0.1, 0.15) is 0 Å². The van der Waals surface area contributed by atoms with Gasteiger partial charge >= 0.3 is 0 Å². The summed E-state index contributed by atoms with van der Waals surface area (Å²) in [6, 6.07) is 23.8. The smallest absolute Gasteiger partial charge is 0.0132 e. The lowest BCUT2D eigenvalue weighted by atomic mass is 9.79. The highest BCUT2D eigenvalue weighted by Gasteiger charge is 2.21. The Labute approximate surface area is 233 Å². The van der Waals surface area contributed by atoms with Crippen molar-refractivity contribution >= 4 is 24.3 Å². The monoisotopic (exact) mass is 505 g/mol. The van der Waals surface area contributed by atoms with Crippen molar-refractivity contribution in [1.82, 2.24) is 0 Å². The fraction of sp³-hybridized carbons (Fsp3) is 0.421. The summed E-state index contributed by atoms with van der Waals surface area (Å²) < 4.78 is 0. The van der Waals surface area contributed by atoms with Gasteiger partial charge in [-0.2, -0.15) is 0 Å². The molecule has 201 valence electrons. The SMILES string of the molecule is CC(C)(C)c1cc(C=Cc2c[c]cc(C=Cc3cc(C(C)(C)C)cc(C(C)(C)C)c3)c2)cc(C(C)(C)C)c1. The largest absolute Gasteiger partial charge is 0.0561 e. The summed E-state index contributed by atoms with van der Waals surface area (Å²) >= 11 is 0. The lowest BCUT2D eigenvalue weighted by molar-refractivity contribution is 0.568. The van der Waals surface area contributed by atoms with Crippen molar-refractivity contribution in [2.45, 2.75) is 105 Å². The van der Waals surface area contributed by atoms with Gasteiger partial charge in [0.2, 0.25) is 0 Å². The Hall–Kier alpha value is -2.86. The van der Waals surface area contributed by atoms with Gasteiger partial charge < -0.3 is 0 Å². The second-order valence-corrected chi connectivity index (χ2v) is 15.0. The van der Waals surface area contributed by atoms with E-state index in [2.05, 4.69) is 168 Å². The van der Waals surface area contributed by atoms with Crippen molar-refractivity contribution in [1.29, 1.82) is 0 Å². The fourth-order valence-electron chi connectivity index (χ4n) is 4.32. The molecule has 0 amide bonds. The van der Waals surface area contributed by atoms with Gasteiger partial charge in [-0.25, -0.2) is 0 Å². The van der Waals surface area contributed by atoms with Crippen LogP contribution in [0, 0.1) is 6.07 Å². The van der Waals surface area contributed by atoms with Crippen molar-refractivity contribution < 1.29 is 0 Å². The molecule has 3 rings (SSSR count). The maximum absolute atomic E-state index is 3.34. The van der Waals surface area contributed by atoms with Crippen LogP contribution in [0.1, 0.15) is 128 Å².